The van der Waals surface area contributed by atoms with E-state index in [1.54, 1.807) is 36.4 Å². The number of allylic oxidation sites excluding steroid dienone is 1. The van der Waals surface area contributed by atoms with Crippen molar-refractivity contribution in [2.75, 3.05) is 5.84 Å². The maximum atomic E-state index is 13.5. The summed E-state index contributed by atoms with van der Waals surface area (Å²) >= 11 is 6.00. The summed E-state index contributed by atoms with van der Waals surface area (Å²) in [5.41, 5.74) is 2.01. The average molecular weight is 523 g/mol. The monoisotopic (exact) mass is 522 g/mol. The summed E-state index contributed by atoms with van der Waals surface area (Å²) in [5.74, 6) is 4.17. The van der Waals surface area contributed by atoms with E-state index in [0.717, 1.165) is 27.6 Å². The lowest BCUT2D eigenvalue weighted by Crippen LogP contribution is -2.58. The van der Waals surface area contributed by atoms with Crippen molar-refractivity contribution in [2.24, 2.45) is 16.1 Å². The first kappa shape index (κ1) is 26.0. The number of nitrogens with zero attached hydrogens (tertiary/aromatic N) is 5. The number of carbonyl (C=O) groups excluding carboxylic acids is 1. The molecule has 2 N–H and O–H groups in total. The number of benzene rings is 2. The van der Waals surface area contributed by atoms with Crippen LogP contribution in [0.5, 0.6) is 0 Å². The topological polar surface area (TPSA) is 134 Å². The number of nitrogens with two attached hydrogens (primary N) is 1. The Kier molecular flexibility index (Phi) is 7.98. The normalized spacial score (nSPS) is 14.5. The molecule has 0 aliphatic heterocycles. The van der Waals surface area contributed by atoms with Crippen LogP contribution in [0.3, 0.4) is 0 Å². The van der Waals surface area contributed by atoms with Gasteiger partial charge in [-0.25, -0.2) is 19.1 Å². The molecule has 10 nitrogen and oxygen atoms in total. The lowest BCUT2D eigenvalue weighted by molar-refractivity contribution is -0.121. The number of rotatable bonds is 7. The van der Waals surface area contributed by atoms with E-state index < -0.39 is 23.2 Å². The van der Waals surface area contributed by atoms with Gasteiger partial charge in [-0.1, -0.05) is 54.4 Å². The number of halogens is 1. The van der Waals surface area contributed by atoms with Gasteiger partial charge in [0.2, 0.25) is 5.62 Å². The molecule has 0 unspecified atom stereocenters. The maximum absolute atomic E-state index is 13.5. The van der Waals surface area contributed by atoms with Crippen LogP contribution in [0.2, 0.25) is 5.02 Å². The van der Waals surface area contributed by atoms with Crippen LogP contribution in [0.15, 0.2) is 73.9 Å². The van der Waals surface area contributed by atoms with Crippen molar-refractivity contribution in [3.8, 4) is 0 Å². The Bertz CT molecular complexity index is 1520. The molecule has 0 spiro atoms. The van der Waals surface area contributed by atoms with E-state index in [0.29, 0.717) is 16.3 Å². The average Bonchev–Trinajstić information content (AvgIpc) is 3.42. The summed E-state index contributed by atoms with van der Waals surface area (Å²) in [6, 6.07) is 14.3. The number of carbonyl (C=O) groups is 1. The van der Waals surface area contributed by atoms with Crippen LogP contribution in [0.1, 0.15) is 43.7 Å². The second-order valence-electron chi connectivity index (χ2n) is 9.10. The highest BCUT2D eigenvalue weighted by atomic mass is 35.5. The zero-order valence-electron chi connectivity index (χ0n) is 20.3. The summed E-state index contributed by atoms with van der Waals surface area (Å²) in [7, 11) is 0. The first-order valence-electron chi connectivity index (χ1n) is 11.9. The Balaban J connectivity index is 1.82. The van der Waals surface area contributed by atoms with Crippen LogP contribution in [0, 0.1) is 10.8 Å². The summed E-state index contributed by atoms with van der Waals surface area (Å²) in [6.45, 7) is 1.08. The van der Waals surface area contributed by atoms with Crippen molar-refractivity contribution >= 4 is 29.3 Å². The van der Waals surface area contributed by atoms with E-state index in [1.807, 2.05) is 12.1 Å². The minimum atomic E-state index is -0.990. The predicted octanol–water partition coefficient (Wildman–Crippen LogP) is 3.35. The third-order valence-electron chi connectivity index (χ3n) is 6.32. The highest BCUT2D eigenvalue weighted by Crippen LogP contribution is 2.26. The van der Waals surface area contributed by atoms with Crippen molar-refractivity contribution in [1.82, 2.24) is 13.8 Å². The Hall–Kier alpha value is -4.05. The number of hydrogen-bond acceptors (Lipinski definition) is 6. The molecule has 1 heterocycles. The highest BCUT2D eigenvalue weighted by molar-refractivity contribution is 6.30. The molecule has 0 radical (unpaired) electrons. The number of hydrogen-bond donors (Lipinski definition) is 1. The molecule has 3 aromatic rings. The van der Waals surface area contributed by atoms with Gasteiger partial charge in [0.1, 0.15) is 0 Å². The zero-order chi connectivity index (χ0) is 26.5. The van der Waals surface area contributed by atoms with Crippen LogP contribution < -0.4 is 22.8 Å². The molecule has 1 aliphatic rings. The van der Waals surface area contributed by atoms with Gasteiger partial charge in [0.25, 0.3) is 5.91 Å². The summed E-state index contributed by atoms with van der Waals surface area (Å²) in [4.78, 5) is 53.4. The molecule has 1 aliphatic carbocycles. The van der Waals surface area contributed by atoms with Gasteiger partial charge in [-0.3, -0.25) is 9.36 Å². The highest BCUT2D eigenvalue weighted by Gasteiger charge is 2.20. The van der Waals surface area contributed by atoms with Crippen LogP contribution >= 0.6 is 11.6 Å². The molecule has 0 bridgehead atoms. The first-order valence-corrected chi connectivity index (χ1v) is 12.3. The molecular formula is C26H27ClN6O4. The van der Waals surface area contributed by atoms with E-state index in [1.165, 1.54) is 29.9 Å². The Morgan fingerprint density at radius 3 is 2.30 bits per heavy atom. The fourth-order valence-corrected chi connectivity index (χ4v) is 4.38. The summed E-state index contributed by atoms with van der Waals surface area (Å²) in [5, 5.41) is 2.92. The number of aromatic nitrogens is 3. The van der Waals surface area contributed by atoms with Crippen molar-refractivity contribution in [2.45, 2.75) is 45.7 Å². The van der Waals surface area contributed by atoms with Gasteiger partial charge >= 0.3 is 11.4 Å². The minimum absolute atomic E-state index is 0.0325. The Morgan fingerprint density at radius 2 is 1.68 bits per heavy atom. The summed E-state index contributed by atoms with van der Waals surface area (Å²) < 4.78 is 2.81. The Morgan fingerprint density at radius 1 is 1.03 bits per heavy atom. The molecule has 1 saturated carbocycles. The molecule has 1 atom stereocenters. The third kappa shape index (κ3) is 6.03. The number of nitrogen functional groups attached to an aromatic ring is 1. The summed E-state index contributed by atoms with van der Waals surface area (Å²) in [6.07, 6.45) is 6.82. The largest absolute Gasteiger partial charge is 0.353 e. The minimum Gasteiger partial charge on any atom is -0.332 e. The molecule has 1 fully saturated rings. The van der Waals surface area contributed by atoms with E-state index in [9.17, 15) is 19.3 Å². The molecule has 11 heteroatoms. The molecule has 2 aromatic carbocycles. The van der Waals surface area contributed by atoms with Gasteiger partial charge in [0.15, 0.2) is 0 Å². The molecule has 4 rings (SSSR count). The molecule has 0 saturated heterocycles. The van der Waals surface area contributed by atoms with Crippen LogP contribution in [-0.4, -0.2) is 19.7 Å². The number of amides is 1. The molecular weight excluding hydrogens is 496 g/mol. The lowest BCUT2D eigenvalue weighted by Gasteiger charge is -2.15. The molecule has 37 heavy (non-hydrogen) atoms. The van der Waals surface area contributed by atoms with Gasteiger partial charge in [0, 0.05) is 16.7 Å². The fraction of sp³-hybridized carbons (Fsp3) is 0.308. The predicted molar refractivity (Wildman–Crippen MR) is 142 cm³/mol. The standard InChI is InChI=1S/C26H27ClN6O4/c1-17(23(34)30-37)15-32-25(35)31(16-20-6-10-21(27)11-7-20)24(33(28)26(32)36)29-22-12-8-19(9-13-22)14-18-4-2-3-5-18/h6-14,17H,2-5,15-16,28H2,1H3/t17-/m0/s1. The van der Waals surface area contributed by atoms with Crippen LogP contribution in [-0.2, 0) is 17.9 Å². The second kappa shape index (κ2) is 11.3. The smallest absolute Gasteiger partial charge is 0.332 e. The van der Waals surface area contributed by atoms with E-state index in [4.69, 9.17) is 17.4 Å². The van der Waals surface area contributed by atoms with Gasteiger partial charge in [0.05, 0.1) is 18.2 Å². The van der Waals surface area contributed by atoms with Crippen molar-refractivity contribution in [1.29, 1.82) is 0 Å². The third-order valence-corrected chi connectivity index (χ3v) is 6.57. The second-order valence-corrected chi connectivity index (χ2v) is 9.54. The SMILES string of the molecule is C[C@@H](Cn1c(=O)n(N)c(=Nc2ccc(C=C3CCCC3)cc2)n(Cc2ccc(Cl)cc2)c1=O)C(=O)N=O. The van der Waals surface area contributed by atoms with Crippen molar-refractivity contribution < 1.29 is 4.79 Å². The maximum Gasteiger partial charge on any atom is 0.353 e. The lowest BCUT2D eigenvalue weighted by atomic mass is 10.1. The zero-order valence-corrected chi connectivity index (χ0v) is 21.1. The molecule has 1 amide bonds. The van der Waals surface area contributed by atoms with Gasteiger partial charge in [-0.05, 0) is 61.1 Å². The van der Waals surface area contributed by atoms with E-state index in [2.05, 4.69) is 16.2 Å². The molecule has 192 valence electrons. The van der Waals surface area contributed by atoms with Gasteiger partial charge < -0.3 is 5.84 Å². The van der Waals surface area contributed by atoms with E-state index >= 15 is 0 Å². The number of nitroso groups, excluding NO2 is 1. The van der Waals surface area contributed by atoms with Crippen molar-refractivity contribution in [3.05, 3.63) is 102 Å². The fourth-order valence-electron chi connectivity index (χ4n) is 4.25. The van der Waals surface area contributed by atoms with Crippen LogP contribution in [0.25, 0.3) is 6.08 Å². The van der Waals surface area contributed by atoms with E-state index in [-0.39, 0.29) is 18.7 Å². The van der Waals surface area contributed by atoms with Gasteiger partial charge in [-0.2, -0.15) is 4.68 Å². The molecule has 1 aromatic heterocycles. The first-order chi connectivity index (χ1) is 17.8. The van der Waals surface area contributed by atoms with Gasteiger partial charge in [-0.15, -0.1) is 4.91 Å². The van der Waals surface area contributed by atoms with Crippen LogP contribution in [0.4, 0.5) is 5.69 Å². The quantitative estimate of drug-likeness (QED) is 0.375. The van der Waals surface area contributed by atoms with Crippen molar-refractivity contribution in [3.63, 3.8) is 0 Å². The Labute approximate surface area is 217 Å².